The van der Waals surface area contributed by atoms with Crippen molar-refractivity contribution < 1.29 is 75.4 Å². The van der Waals surface area contributed by atoms with Crippen LogP contribution in [0.15, 0.2) is 60.7 Å². The standard InChI is InChI=1S/C54H72N2O14/c1-55(23-19-37-32-44(61-5)45(62-6)34-39(37)40(55)28-36-30-46(63-7)52(66-10)47(31-36)64-8)21-13-25-69-49(57)17-18-50(58)70-26-14-22-56(2)24-20-38-33-48(65-9)53(67-11)54(68-12)51(38)41(56)27-35-15-16-42(59-3)43(29-35)60-4/h15-18,29-34,40-41H,13-14,19-28H2,1-12H3/q+2/b18-17+/t40-,41-,55+,56-/m1/s1. The molecule has 0 fully saturated rings. The first-order valence-corrected chi connectivity index (χ1v) is 23.5. The van der Waals surface area contributed by atoms with Crippen molar-refractivity contribution in [2.75, 3.05) is 125 Å². The fraction of sp³-hybridized carbons (Fsp3) is 0.481. The molecule has 70 heavy (non-hydrogen) atoms. The molecule has 0 bridgehead atoms. The number of hydrogen-bond donors (Lipinski definition) is 0. The molecule has 4 atom stereocenters. The summed E-state index contributed by atoms with van der Waals surface area (Å²) in [5, 5.41) is 0. The first-order chi connectivity index (χ1) is 33.8. The predicted molar refractivity (Wildman–Crippen MR) is 264 cm³/mol. The fourth-order valence-corrected chi connectivity index (χ4v) is 10.3. The van der Waals surface area contributed by atoms with Gasteiger partial charge in [0.25, 0.3) is 0 Å². The van der Waals surface area contributed by atoms with Crippen molar-refractivity contribution in [2.24, 2.45) is 0 Å². The van der Waals surface area contributed by atoms with Gasteiger partial charge < -0.3 is 65.8 Å². The molecular formula is C54H72N2O14+2. The number of fused-ring (bicyclic) bond motifs is 2. The third kappa shape index (κ3) is 11.6. The van der Waals surface area contributed by atoms with E-state index in [9.17, 15) is 9.59 Å². The van der Waals surface area contributed by atoms with Crippen LogP contribution in [0.2, 0.25) is 0 Å². The highest BCUT2D eigenvalue weighted by molar-refractivity contribution is 5.91. The van der Waals surface area contributed by atoms with Gasteiger partial charge in [-0.3, -0.25) is 0 Å². The Morgan fingerprint density at radius 2 is 0.929 bits per heavy atom. The Balaban J connectivity index is 1.07. The van der Waals surface area contributed by atoms with Crippen molar-refractivity contribution in [1.29, 1.82) is 0 Å². The quantitative estimate of drug-likeness (QED) is 0.0296. The van der Waals surface area contributed by atoms with Crippen molar-refractivity contribution >= 4 is 11.9 Å². The second-order valence-electron chi connectivity index (χ2n) is 18.0. The summed E-state index contributed by atoms with van der Waals surface area (Å²) >= 11 is 0. The van der Waals surface area contributed by atoms with Crippen molar-refractivity contribution in [3.8, 4) is 57.5 Å². The number of nitrogens with zero attached hydrogens (tertiary/aromatic N) is 2. The van der Waals surface area contributed by atoms with Crippen LogP contribution >= 0.6 is 0 Å². The van der Waals surface area contributed by atoms with Gasteiger partial charge in [-0.05, 0) is 64.7 Å². The lowest BCUT2D eigenvalue weighted by atomic mass is 9.85. The molecule has 380 valence electrons. The zero-order valence-corrected chi connectivity index (χ0v) is 43.0. The largest absolute Gasteiger partial charge is 0.493 e. The van der Waals surface area contributed by atoms with E-state index in [1.54, 1.807) is 71.1 Å². The Morgan fingerprint density at radius 3 is 1.46 bits per heavy atom. The normalized spacial score (nSPS) is 19.3. The summed E-state index contributed by atoms with van der Waals surface area (Å²) in [6.07, 6.45) is 6.36. The van der Waals surface area contributed by atoms with Crippen LogP contribution < -0.4 is 47.4 Å². The monoisotopic (exact) mass is 972 g/mol. The maximum absolute atomic E-state index is 12.9. The van der Waals surface area contributed by atoms with Crippen LogP contribution in [0.5, 0.6) is 57.5 Å². The predicted octanol–water partition coefficient (Wildman–Crippen LogP) is 7.47. The van der Waals surface area contributed by atoms with E-state index in [1.165, 1.54) is 5.56 Å². The van der Waals surface area contributed by atoms with Crippen molar-refractivity contribution in [3.05, 3.63) is 94.1 Å². The molecule has 2 aliphatic heterocycles. The van der Waals surface area contributed by atoms with Gasteiger partial charge in [-0.1, -0.05) is 6.07 Å². The van der Waals surface area contributed by atoms with Crippen LogP contribution in [0.4, 0.5) is 0 Å². The SMILES string of the molecule is COc1ccc(C[C@@H]2c3c(cc(OC)c(OC)c3OC)CC[N@@+]2(C)CCCOC(=O)/C=C/C(=O)OCCC[N@@+]2(C)CCc3cc(OC)c(OC)cc3[C@H]2Cc2cc(OC)c(OC)c(OC)c2)cc1OC. The first kappa shape index (κ1) is 52.8. The lowest BCUT2D eigenvalue weighted by Crippen LogP contribution is -2.52. The second kappa shape index (κ2) is 23.9. The van der Waals surface area contributed by atoms with Crippen molar-refractivity contribution in [3.63, 3.8) is 0 Å². The highest BCUT2D eigenvalue weighted by atomic mass is 16.6. The summed E-state index contributed by atoms with van der Waals surface area (Å²) in [7, 11) is 20.7. The Bertz CT molecular complexity index is 2470. The van der Waals surface area contributed by atoms with Crippen LogP contribution in [0, 0.1) is 0 Å². The number of rotatable bonds is 24. The molecule has 2 heterocycles. The fourth-order valence-electron chi connectivity index (χ4n) is 10.3. The van der Waals surface area contributed by atoms with E-state index in [4.69, 9.17) is 56.8 Å². The summed E-state index contributed by atoms with van der Waals surface area (Å²) in [4.78, 5) is 25.8. The summed E-state index contributed by atoms with van der Waals surface area (Å²) in [5.41, 5.74) is 6.61. The second-order valence-corrected chi connectivity index (χ2v) is 18.0. The highest BCUT2D eigenvalue weighted by Crippen LogP contribution is 2.51. The summed E-state index contributed by atoms with van der Waals surface area (Å²) in [6.45, 7) is 3.43. The molecule has 4 aromatic rings. The van der Waals surface area contributed by atoms with E-state index in [2.05, 4.69) is 26.2 Å². The molecule has 0 aliphatic carbocycles. The van der Waals surface area contributed by atoms with Crippen LogP contribution in [0.3, 0.4) is 0 Å². The van der Waals surface area contributed by atoms with Gasteiger partial charge in [-0.15, -0.1) is 0 Å². The summed E-state index contributed by atoms with van der Waals surface area (Å²) in [5.74, 6) is 4.92. The number of esters is 2. The number of carbonyl (C=O) groups excluding carboxylic acids is 2. The van der Waals surface area contributed by atoms with Crippen LogP contribution in [-0.4, -0.2) is 145 Å². The average molecular weight is 973 g/mol. The van der Waals surface area contributed by atoms with Gasteiger partial charge >= 0.3 is 11.9 Å². The molecule has 2 aliphatic rings. The van der Waals surface area contributed by atoms with Gasteiger partial charge in [0.2, 0.25) is 11.5 Å². The zero-order chi connectivity index (χ0) is 50.6. The summed E-state index contributed by atoms with van der Waals surface area (Å²) in [6, 6.07) is 16.1. The van der Waals surface area contributed by atoms with Gasteiger partial charge in [0.1, 0.15) is 12.1 Å². The number of ether oxygens (including phenoxy) is 12. The number of benzene rings is 4. The number of hydrogen-bond acceptors (Lipinski definition) is 14. The molecule has 16 nitrogen and oxygen atoms in total. The van der Waals surface area contributed by atoms with Gasteiger partial charge in [-0.25, -0.2) is 9.59 Å². The maximum atomic E-state index is 12.9. The Labute approximate surface area is 412 Å². The molecular weight excluding hydrogens is 901 g/mol. The smallest absolute Gasteiger partial charge is 0.331 e. The lowest BCUT2D eigenvalue weighted by Gasteiger charge is -2.46. The zero-order valence-electron chi connectivity index (χ0n) is 43.0. The molecule has 0 amide bonds. The van der Waals surface area contributed by atoms with E-state index in [0.29, 0.717) is 105 Å². The van der Waals surface area contributed by atoms with Crippen LogP contribution in [0.1, 0.15) is 58.3 Å². The minimum Gasteiger partial charge on any atom is -0.493 e. The Hall–Kier alpha value is -6.52. The number of carbonyl (C=O) groups is 2. The molecule has 6 rings (SSSR count). The minimum absolute atomic E-state index is 0.00552. The third-order valence-corrected chi connectivity index (χ3v) is 14.1. The van der Waals surface area contributed by atoms with Gasteiger partial charge in [0.05, 0.1) is 130 Å². The van der Waals surface area contributed by atoms with E-state index in [1.807, 2.05) is 36.4 Å². The van der Waals surface area contributed by atoms with Gasteiger partial charge in [0, 0.05) is 56.2 Å². The van der Waals surface area contributed by atoms with Crippen molar-refractivity contribution in [2.45, 2.75) is 50.6 Å². The lowest BCUT2D eigenvalue weighted by molar-refractivity contribution is -0.941. The maximum Gasteiger partial charge on any atom is 0.331 e. The Morgan fingerprint density at radius 1 is 0.486 bits per heavy atom. The molecule has 0 radical (unpaired) electrons. The molecule has 0 saturated carbocycles. The number of likely N-dealkylation sites (N-methyl/N-ethyl adjacent to an activating group) is 2. The van der Waals surface area contributed by atoms with Gasteiger partial charge in [0.15, 0.2) is 46.0 Å². The highest BCUT2D eigenvalue weighted by Gasteiger charge is 2.43. The first-order valence-electron chi connectivity index (χ1n) is 23.5. The van der Waals surface area contributed by atoms with E-state index in [0.717, 1.165) is 65.9 Å². The average Bonchev–Trinajstić information content (AvgIpc) is 3.38. The minimum atomic E-state index is -0.615. The third-order valence-electron chi connectivity index (χ3n) is 14.1. The van der Waals surface area contributed by atoms with Crippen LogP contribution in [0.25, 0.3) is 0 Å². The van der Waals surface area contributed by atoms with Crippen LogP contribution in [-0.2, 0) is 44.7 Å². The molecule has 0 aromatic heterocycles. The van der Waals surface area contributed by atoms with E-state index in [-0.39, 0.29) is 25.3 Å². The number of quaternary nitrogens is 2. The van der Waals surface area contributed by atoms with Gasteiger partial charge in [-0.2, -0.15) is 0 Å². The molecule has 0 unspecified atom stereocenters. The number of methoxy groups -OCH3 is 10. The molecule has 0 spiro atoms. The van der Waals surface area contributed by atoms with E-state index < -0.39 is 11.9 Å². The molecule has 4 aromatic carbocycles. The summed E-state index contributed by atoms with van der Waals surface area (Å²) < 4.78 is 69.8. The topological polar surface area (TPSA) is 145 Å². The van der Waals surface area contributed by atoms with E-state index >= 15 is 0 Å². The molecule has 0 saturated heterocycles. The molecule has 16 heteroatoms. The Kier molecular flexibility index (Phi) is 18.0. The molecule has 0 N–H and O–H groups in total. The van der Waals surface area contributed by atoms with Crippen molar-refractivity contribution in [1.82, 2.24) is 0 Å².